The third-order valence-electron chi connectivity index (χ3n) is 4.13. The van der Waals surface area contributed by atoms with Gasteiger partial charge in [-0.05, 0) is 53.6 Å². The fraction of sp³-hybridized carbons (Fsp3) is 0.438. The molecule has 0 aliphatic heterocycles. The standard InChI is InChI=1S/C16H19IN2O5/c1-24-13-7-6-9(8-12(13)17)14(20)18-19-15(21)10-4-2-3-5-11(10)16(22)23/h6-8,10-11H,2-5H2,1H3,(H,18,20)(H,19,21)(H,22,23)/t10-,11-/m0/s1. The molecule has 1 aliphatic carbocycles. The molecule has 24 heavy (non-hydrogen) atoms. The van der Waals surface area contributed by atoms with E-state index in [1.54, 1.807) is 25.3 Å². The summed E-state index contributed by atoms with van der Waals surface area (Å²) in [6.07, 6.45) is 2.61. The summed E-state index contributed by atoms with van der Waals surface area (Å²) in [5.74, 6) is -2.55. The van der Waals surface area contributed by atoms with E-state index in [2.05, 4.69) is 10.9 Å². The van der Waals surface area contributed by atoms with E-state index in [4.69, 9.17) is 4.74 Å². The van der Waals surface area contributed by atoms with Gasteiger partial charge in [0, 0.05) is 5.56 Å². The fourth-order valence-electron chi connectivity index (χ4n) is 2.83. The summed E-state index contributed by atoms with van der Waals surface area (Å²) in [6.45, 7) is 0. The Kier molecular flexibility index (Phi) is 6.41. The number of rotatable bonds is 4. The first-order valence-electron chi connectivity index (χ1n) is 7.60. The lowest BCUT2D eigenvalue weighted by atomic mass is 9.79. The number of carboxylic acids is 1. The number of ether oxygens (including phenoxy) is 1. The molecule has 0 unspecified atom stereocenters. The van der Waals surface area contributed by atoms with Gasteiger partial charge in [0.15, 0.2) is 0 Å². The SMILES string of the molecule is COc1ccc(C(=O)NNC(=O)[C@H]2CCCC[C@@H]2C(=O)O)cc1I. The van der Waals surface area contributed by atoms with E-state index < -0.39 is 29.6 Å². The van der Waals surface area contributed by atoms with Crippen LogP contribution in [0.3, 0.4) is 0 Å². The van der Waals surface area contributed by atoms with Gasteiger partial charge in [-0.3, -0.25) is 25.2 Å². The van der Waals surface area contributed by atoms with Crippen molar-refractivity contribution in [2.75, 3.05) is 7.11 Å². The van der Waals surface area contributed by atoms with Crippen LogP contribution in [-0.4, -0.2) is 30.0 Å². The zero-order valence-corrected chi connectivity index (χ0v) is 15.3. The molecule has 0 spiro atoms. The van der Waals surface area contributed by atoms with Crippen molar-refractivity contribution in [1.29, 1.82) is 0 Å². The number of halogens is 1. The number of amides is 2. The minimum Gasteiger partial charge on any atom is -0.496 e. The largest absolute Gasteiger partial charge is 0.496 e. The number of nitrogens with one attached hydrogen (secondary N) is 2. The van der Waals surface area contributed by atoms with Gasteiger partial charge in [-0.25, -0.2) is 0 Å². The van der Waals surface area contributed by atoms with E-state index in [0.29, 0.717) is 24.2 Å². The summed E-state index contributed by atoms with van der Waals surface area (Å²) in [5, 5.41) is 9.21. The number of carbonyl (C=O) groups excluding carboxylic acids is 2. The predicted octanol–water partition coefficient (Wildman–Crippen LogP) is 1.95. The summed E-state index contributed by atoms with van der Waals surface area (Å²) in [4.78, 5) is 35.6. The molecule has 130 valence electrons. The van der Waals surface area contributed by atoms with Gasteiger partial charge >= 0.3 is 5.97 Å². The lowest BCUT2D eigenvalue weighted by molar-refractivity contribution is -0.149. The molecule has 0 aromatic heterocycles. The monoisotopic (exact) mass is 446 g/mol. The molecule has 7 nitrogen and oxygen atoms in total. The second-order valence-electron chi connectivity index (χ2n) is 5.63. The topological polar surface area (TPSA) is 105 Å². The summed E-state index contributed by atoms with van der Waals surface area (Å²) in [6, 6.07) is 4.89. The van der Waals surface area contributed by atoms with Crippen molar-refractivity contribution in [2.45, 2.75) is 25.7 Å². The van der Waals surface area contributed by atoms with E-state index in [-0.39, 0.29) is 0 Å². The van der Waals surface area contributed by atoms with Crippen LogP contribution in [0.5, 0.6) is 5.75 Å². The molecule has 1 aromatic carbocycles. The van der Waals surface area contributed by atoms with Crippen LogP contribution < -0.4 is 15.6 Å². The maximum absolute atomic E-state index is 12.2. The van der Waals surface area contributed by atoms with E-state index in [9.17, 15) is 19.5 Å². The minimum atomic E-state index is -0.967. The first-order chi connectivity index (χ1) is 11.4. The van der Waals surface area contributed by atoms with Crippen LogP contribution in [0.25, 0.3) is 0 Å². The quantitative estimate of drug-likeness (QED) is 0.485. The average Bonchev–Trinajstić information content (AvgIpc) is 2.59. The summed E-state index contributed by atoms with van der Waals surface area (Å²) in [7, 11) is 1.54. The first-order valence-corrected chi connectivity index (χ1v) is 8.68. The Balaban J connectivity index is 1.96. The normalized spacial score (nSPS) is 20.1. The number of carbonyl (C=O) groups is 3. The molecule has 3 N–H and O–H groups in total. The van der Waals surface area contributed by atoms with Crippen molar-refractivity contribution in [3.05, 3.63) is 27.3 Å². The van der Waals surface area contributed by atoms with Crippen LogP contribution in [0.4, 0.5) is 0 Å². The Bertz CT molecular complexity index is 649. The maximum Gasteiger partial charge on any atom is 0.307 e. The maximum atomic E-state index is 12.2. The molecular formula is C16H19IN2O5. The molecule has 2 atom stereocenters. The highest BCUT2D eigenvalue weighted by molar-refractivity contribution is 14.1. The van der Waals surface area contributed by atoms with E-state index in [1.165, 1.54) is 0 Å². The molecule has 1 saturated carbocycles. The summed E-state index contributed by atoms with van der Waals surface area (Å²) < 4.78 is 5.90. The molecule has 2 amide bonds. The van der Waals surface area contributed by atoms with Gasteiger partial charge in [0.2, 0.25) is 5.91 Å². The van der Waals surface area contributed by atoms with E-state index >= 15 is 0 Å². The van der Waals surface area contributed by atoms with Crippen LogP contribution in [0, 0.1) is 15.4 Å². The van der Waals surface area contributed by atoms with Crippen LogP contribution in [0.1, 0.15) is 36.0 Å². The Hall–Kier alpha value is -1.84. The second kappa shape index (κ2) is 8.32. The number of aliphatic carboxylic acids is 1. The molecule has 1 aliphatic rings. The third kappa shape index (κ3) is 4.37. The Morgan fingerprint density at radius 1 is 1.17 bits per heavy atom. The number of hydrogen-bond acceptors (Lipinski definition) is 4. The van der Waals surface area contributed by atoms with E-state index in [0.717, 1.165) is 16.4 Å². The Morgan fingerprint density at radius 2 is 1.83 bits per heavy atom. The van der Waals surface area contributed by atoms with Crippen molar-refractivity contribution in [2.24, 2.45) is 11.8 Å². The fourth-order valence-corrected chi connectivity index (χ4v) is 3.57. The predicted molar refractivity (Wildman–Crippen MR) is 94.4 cm³/mol. The van der Waals surface area contributed by atoms with Crippen LogP contribution in [0.15, 0.2) is 18.2 Å². The molecule has 2 rings (SSSR count). The molecule has 0 saturated heterocycles. The van der Waals surface area contributed by atoms with Crippen molar-refractivity contribution < 1.29 is 24.2 Å². The zero-order valence-electron chi connectivity index (χ0n) is 13.2. The third-order valence-corrected chi connectivity index (χ3v) is 4.98. The zero-order chi connectivity index (χ0) is 17.7. The van der Waals surface area contributed by atoms with Crippen LogP contribution in [0.2, 0.25) is 0 Å². The van der Waals surface area contributed by atoms with E-state index in [1.807, 2.05) is 22.6 Å². The van der Waals surface area contributed by atoms with Gasteiger partial charge in [-0.2, -0.15) is 0 Å². The highest BCUT2D eigenvalue weighted by Gasteiger charge is 2.35. The average molecular weight is 446 g/mol. The number of hydrogen-bond donors (Lipinski definition) is 3. The highest BCUT2D eigenvalue weighted by atomic mass is 127. The van der Waals surface area contributed by atoms with Gasteiger partial charge < -0.3 is 9.84 Å². The molecule has 0 radical (unpaired) electrons. The van der Waals surface area contributed by atoms with Crippen molar-refractivity contribution in [3.8, 4) is 5.75 Å². The lowest BCUT2D eigenvalue weighted by Crippen LogP contribution is -2.47. The van der Waals surface area contributed by atoms with Crippen molar-refractivity contribution >= 4 is 40.4 Å². The Labute approximate surface area is 153 Å². The van der Waals surface area contributed by atoms with Gasteiger partial charge in [0.1, 0.15) is 5.75 Å². The Morgan fingerprint density at radius 3 is 2.42 bits per heavy atom. The van der Waals surface area contributed by atoms with Crippen LogP contribution in [-0.2, 0) is 9.59 Å². The van der Waals surface area contributed by atoms with Gasteiger partial charge in [-0.15, -0.1) is 0 Å². The number of benzene rings is 1. The summed E-state index contributed by atoms with van der Waals surface area (Å²) >= 11 is 2.05. The van der Waals surface area contributed by atoms with Crippen molar-refractivity contribution in [3.63, 3.8) is 0 Å². The first kappa shape index (κ1) is 18.5. The number of hydrazine groups is 1. The molecular weight excluding hydrogens is 427 g/mol. The smallest absolute Gasteiger partial charge is 0.307 e. The second-order valence-corrected chi connectivity index (χ2v) is 6.79. The van der Waals surface area contributed by atoms with Crippen LogP contribution >= 0.6 is 22.6 Å². The molecule has 1 fully saturated rings. The van der Waals surface area contributed by atoms with Gasteiger partial charge in [0.05, 0.1) is 22.5 Å². The summed E-state index contributed by atoms with van der Waals surface area (Å²) in [5.41, 5.74) is 5.07. The molecule has 8 heteroatoms. The lowest BCUT2D eigenvalue weighted by Gasteiger charge is -2.27. The molecule has 0 heterocycles. The van der Waals surface area contributed by atoms with Gasteiger partial charge in [-0.1, -0.05) is 12.8 Å². The molecule has 1 aromatic rings. The molecule has 0 bridgehead atoms. The van der Waals surface area contributed by atoms with Gasteiger partial charge in [0.25, 0.3) is 5.91 Å². The number of methoxy groups -OCH3 is 1. The highest BCUT2D eigenvalue weighted by Crippen LogP contribution is 2.30. The minimum absolute atomic E-state index is 0.374. The number of carboxylic acid groups (broad SMARTS) is 1. The van der Waals surface area contributed by atoms with Crippen molar-refractivity contribution in [1.82, 2.24) is 10.9 Å².